The quantitative estimate of drug-likeness (QED) is 0.476. The number of carbonyl (C=O) groups is 1. The Hall–Kier alpha value is -0.570. The maximum atomic E-state index is 9.91. The standard InChI is InChI=1S/C8H18N2O/c1-8(2,3)10(4)6-5-9-7-11/h7H,5-6H2,1-4H3,(H,9,11). The number of nitrogens with zero attached hydrogens (tertiary/aromatic N) is 1. The summed E-state index contributed by atoms with van der Waals surface area (Å²) >= 11 is 0. The highest BCUT2D eigenvalue weighted by molar-refractivity contribution is 5.45. The molecule has 0 saturated carbocycles. The molecule has 0 rings (SSSR count). The first-order valence-corrected chi connectivity index (χ1v) is 3.86. The molecule has 0 heterocycles. The van der Waals surface area contributed by atoms with Gasteiger partial charge in [0, 0.05) is 18.6 Å². The van der Waals surface area contributed by atoms with Gasteiger partial charge in [-0.25, -0.2) is 0 Å². The van der Waals surface area contributed by atoms with Crippen molar-refractivity contribution >= 4 is 6.41 Å². The Morgan fingerprint density at radius 2 is 2.00 bits per heavy atom. The van der Waals surface area contributed by atoms with Crippen molar-refractivity contribution in [2.45, 2.75) is 26.3 Å². The molecule has 0 saturated heterocycles. The van der Waals surface area contributed by atoms with Crippen LogP contribution in [0.4, 0.5) is 0 Å². The van der Waals surface area contributed by atoms with Crippen molar-refractivity contribution in [2.24, 2.45) is 0 Å². The van der Waals surface area contributed by atoms with Crippen molar-refractivity contribution in [1.82, 2.24) is 10.2 Å². The van der Waals surface area contributed by atoms with Gasteiger partial charge in [0.15, 0.2) is 0 Å². The molecule has 0 aliphatic rings. The van der Waals surface area contributed by atoms with Gasteiger partial charge in [-0.1, -0.05) is 0 Å². The average molecular weight is 158 g/mol. The Morgan fingerprint density at radius 3 is 2.36 bits per heavy atom. The molecule has 0 aromatic rings. The van der Waals surface area contributed by atoms with Crippen LogP contribution in [0.5, 0.6) is 0 Å². The number of carbonyl (C=O) groups excluding carboxylic acids is 1. The van der Waals surface area contributed by atoms with Gasteiger partial charge >= 0.3 is 0 Å². The second-order valence-electron chi connectivity index (χ2n) is 3.66. The predicted molar refractivity (Wildman–Crippen MR) is 46.4 cm³/mol. The average Bonchev–Trinajstić information content (AvgIpc) is 1.86. The fourth-order valence-corrected chi connectivity index (χ4v) is 0.627. The molecule has 0 aromatic heterocycles. The van der Waals surface area contributed by atoms with Crippen molar-refractivity contribution in [1.29, 1.82) is 0 Å². The maximum absolute atomic E-state index is 9.91. The maximum Gasteiger partial charge on any atom is 0.207 e. The third-order valence-electron chi connectivity index (χ3n) is 1.82. The van der Waals surface area contributed by atoms with Crippen molar-refractivity contribution in [3.8, 4) is 0 Å². The third-order valence-corrected chi connectivity index (χ3v) is 1.82. The summed E-state index contributed by atoms with van der Waals surface area (Å²) in [7, 11) is 2.05. The first-order valence-electron chi connectivity index (χ1n) is 3.86. The molecule has 0 aliphatic heterocycles. The van der Waals surface area contributed by atoms with E-state index in [0.29, 0.717) is 0 Å². The van der Waals surface area contributed by atoms with Crippen LogP contribution in [0.2, 0.25) is 0 Å². The molecule has 0 aliphatic carbocycles. The zero-order valence-electron chi connectivity index (χ0n) is 7.85. The highest BCUT2D eigenvalue weighted by Gasteiger charge is 2.15. The lowest BCUT2D eigenvalue weighted by Gasteiger charge is -2.31. The number of hydrogen-bond donors (Lipinski definition) is 1. The van der Waals surface area contributed by atoms with Gasteiger partial charge in [0.2, 0.25) is 6.41 Å². The third kappa shape index (κ3) is 4.79. The van der Waals surface area contributed by atoms with Crippen LogP contribution in [0, 0.1) is 0 Å². The van der Waals surface area contributed by atoms with Crippen molar-refractivity contribution in [3.05, 3.63) is 0 Å². The van der Waals surface area contributed by atoms with Gasteiger partial charge in [0.05, 0.1) is 0 Å². The number of likely N-dealkylation sites (N-methyl/N-ethyl adjacent to an activating group) is 1. The van der Waals surface area contributed by atoms with E-state index in [-0.39, 0.29) is 5.54 Å². The van der Waals surface area contributed by atoms with Crippen LogP contribution in [0.25, 0.3) is 0 Å². The molecule has 3 nitrogen and oxygen atoms in total. The van der Waals surface area contributed by atoms with Gasteiger partial charge in [-0.3, -0.25) is 9.69 Å². The first-order chi connectivity index (χ1) is 4.98. The minimum atomic E-state index is 0.185. The second kappa shape index (κ2) is 4.34. The minimum Gasteiger partial charge on any atom is -0.357 e. The second-order valence-corrected chi connectivity index (χ2v) is 3.66. The van der Waals surface area contributed by atoms with Gasteiger partial charge in [0.1, 0.15) is 0 Å². The van der Waals surface area contributed by atoms with Crippen LogP contribution in [-0.2, 0) is 4.79 Å². The van der Waals surface area contributed by atoms with E-state index in [1.54, 1.807) is 0 Å². The van der Waals surface area contributed by atoms with Gasteiger partial charge in [0.25, 0.3) is 0 Å². The van der Waals surface area contributed by atoms with Crippen LogP contribution in [0.3, 0.4) is 0 Å². The van der Waals surface area contributed by atoms with Crippen LogP contribution >= 0.6 is 0 Å². The molecule has 0 fully saturated rings. The lowest BCUT2D eigenvalue weighted by atomic mass is 10.1. The normalized spacial score (nSPS) is 11.7. The molecule has 0 spiro atoms. The SMILES string of the molecule is CN(CCNC=O)C(C)(C)C. The summed E-state index contributed by atoms with van der Waals surface area (Å²) in [6.45, 7) is 8.05. The molecule has 3 heteroatoms. The molecule has 11 heavy (non-hydrogen) atoms. The summed E-state index contributed by atoms with van der Waals surface area (Å²) in [5.74, 6) is 0. The molecule has 0 radical (unpaired) electrons. The van der Waals surface area contributed by atoms with Crippen LogP contribution < -0.4 is 5.32 Å². The zero-order chi connectivity index (χ0) is 8.91. The minimum absolute atomic E-state index is 0.185. The van der Waals surface area contributed by atoms with Crippen molar-refractivity contribution in [3.63, 3.8) is 0 Å². The van der Waals surface area contributed by atoms with E-state index in [4.69, 9.17) is 0 Å². The van der Waals surface area contributed by atoms with Gasteiger partial charge in [-0.05, 0) is 27.8 Å². The van der Waals surface area contributed by atoms with E-state index in [1.165, 1.54) is 0 Å². The number of nitrogens with one attached hydrogen (secondary N) is 1. The molecule has 66 valence electrons. The van der Waals surface area contributed by atoms with Crippen LogP contribution in [0.15, 0.2) is 0 Å². The van der Waals surface area contributed by atoms with Crippen LogP contribution in [0.1, 0.15) is 20.8 Å². The highest BCUT2D eigenvalue weighted by Crippen LogP contribution is 2.08. The molecule has 0 unspecified atom stereocenters. The summed E-state index contributed by atoms with van der Waals surface area (Å²) < 4.78 is 0. The van der Waals surface area contributed by atoms with E-state index >= 15 is 0 Å². The molecule has 1 amide bonds. The molecule has 0 bridgehead atoms. The summed E-state index contributed by atoms with van der Waals surface area (Å²) in [5, 5.41) is 2.63. The van der Waals surface area contributed by atoms with E-state index in [2.05, 4.69) is 31.0 Å². The number of rotatable bonds is 4. The Kier molecular flexibility index (Phi) is 4.11. The topological polar surface area (TPSA) is 32.3 Å². The first kappa shape index (κ1) is 10.4. The van der Waals surface area contributed by atoms with E-state index in [9.17, 15) is 4.79 Å². The summed E-state index contributed by atoms with van der Waals surface area (Å²) in [6, 6.07) is 0. The largest absolute Gasteiger partial charge is 0.357 e. The summed E-state index contributed by atoms with van der Waals surface area (Å²) in [5.41, 5.74) is 0.185. The molecule has 0 aromatic carbocycles. The monoisotopic (exact) mass is 158 g/mol. The summed E-state index contributed by atoms with van der Waals surface area (Å²) in [6.07, 6.45) is 0.733. The van der Waals surface area contributed by atoms with Gasteiger partial charge in [-0.15, -0.1) is 0 Å². The van der Waals surface area contributed by atoms with Gasteiger partial charge < -0.3 is 5.32 Å². The van der Waals surface area contributed by atoms with Gasteiger partial charge in [-0.2, -0.15) is 0 Å². The zero-order valence-corrected chi connectivity index (χ0v) is 7.85. The van der Waals surface area contributed by atoms with E-state index < -0.39 is 0 Å². The molecule has 0 atom stereocenters. The number of hydrogen-bond acceptors (Lipinski definition) is 2. The Bertz CT molecular complexity index is 118. The smallest absolute Gasteiger partial charge is 0.207 e. The van der Waals surface area contributed by atoms with Crippen molar-refractivity contribution in [2.75, 3.05) is 20.1 Å². The number of amides is 1. The molecule has 1 N–H and O–H groups in total. The lowest BCUT2D eigenvalue weighted by Crippen LogP contribution is -2.41. The predicted octanol–water partition coefficient (Wildman–Crippen LogP) is 0.463. The van der Waals surface area contributed by atoms with E-state index in [1.807, 2.05) is 7.05 Å². The Morgan fingerprint density at radius 1 is 1.45 bits per heavy atom. The Balaban J connectivity index is 3.52. The lowest BCUT2D eigenvalue weighted by molar-refractivity contribution is -0.109. The molecular weight excluding hydrogens is 140 g/mol. The highest BCUT2D eigenvalue weighted by atomic mass is 16.1. The Labute approximate surface area is 68.8 Å². The van der Waals surface area contributed by atoms with E-state index in [0.717, 1.165) is 19.5 Å². The summed E-state index contributed by atoms with van der Waals surface area (Å²) in [4.78, 5) is 12.1. The fraction of sp³-hybridized carbons (Fsp3) is 0.875. The van der Waals surface area contributed by atoms with Crippen LogP contribution in [-0.4, -0.2) is 37.0 Å². The fourth-order valence-electron chi connectivity index (χ4n) is 0.627. The molecular formula is C8H18N2O. The van der Waals surface area contributed by atoms with Crippen molar-refractivity contribution < 1.29 is 4.79 Å².